The van der Waals surface area contributed by atoms with Crippen molar-refractivity contribution in [2.75, 3.05) is 5.73 Å². The topological polar surface area (TPSA) is 143 Å². The number of halogens is 1. The molecule has 0 radical (unpaired) electrons. The number of nitro groups is 1. The molecule has 3 aromatic rings. The molecule has 3 rings (SSSR count). The van der Waals surface area contributed by atoms with Gasteiger partial charge in [-0.25, -0.2) is 4.79 Å². The Kier molecular flexibility index (Phi) is 6.91. The minimum atomic E-state index is -0.680. The Morgan fingerprint density at radius 2 is 1.88 bits per heavy atom. The van der Waals surface area contributed by atoms with Gasteiger partial charge in [-0.15, -0.1) is 0 Å². The number of hydrogen-bond acceptors (Lipinski definition) is 7. The number of hydrogen-bond donors (Lipinski definition) is 2. The lowest BCUT2D eigenvalue weighted by Gasteiger charge is -2.09. The van der Waals surface area contributed by atoms with Gasteiger partial charge in [-0.3, -0.25) is 10.1 Å². The van der Waals surface area contributed by atoms with Crippen LogP contribution < -0.4 is 16.2 Å². The summed E-state index contributed by atoms with van der Waals surface area (Å²) in [4.78, 5) is 27.4. The van der Waals surface area contributed by atoms with Crippen molar-refractivity contribution in [3.05, 3.63) is 98.1 Å². The summed E-state index contributed by atoms with van der Waals surface area (Å²) in [5, 5.41) is 14.6. The highest BCUT2D eigenvalue weighted by Gasteiger charge is 2.12. The zero-order valence-corrected chi connectivity index (χ0v) is 17.7. The first-order valence-electron chi connectivity index (χ1n) is 9.32. The molecule has 0 fully saturated rings. The minimum Gasteiger partial charge on any atom is -0.487 e. The lowest BCUT2D eigenvalue weighted by molar-refractivity contribution is -0.384. The second-order valence-corrected chi connectivity index (χ2v) is 7.14. The summed E-state index contributed by atoms with van der Waals surface area (Å²) in [6.07, 6.45) is 0. The van der Waals surface area contributed by atoms with Crippen molar-refractivity contribution >= 4 is 34.8 Å². The molecule has 0 aliphatic rings. The molecule has 0 unspecified atom stereocenters. The number of nitrogen functional groups attached to an aromatic ring is 1. The Hall–Kier alpha value is -4.11. The SMILES string of the molecule is Cc1c(N)cccc1/C(N)=N/OC(=O)c1ccc(COc2ccc([N+](=O)[O-])cc2Cl)cc1. The Bertz CT molecular complexity index is 1200. The largest absolute Gasteiger partial charge is 0.487 e. The molecule has 3 aromatic carbocycles. The molecule has 32 heavy (non-hydrogen) atoms. The maximum Gasteiger partial charge on any atom is 0.365 e. The summed E-state index contributed by atoms with van der Waals surface area (Å²) in [5.74, 6) is -0.337. The van der Waals surface area contributed by atoms with Gasteiger partial charge < -0.3 is 21.0 Å². The monoisotopic (exact) mass is 454 g/mol. The number of nitrogens with zero attached hydrogens (tertiary/aromatic N) is 2. The van der Waals surface area contributed by atoms with E-state index in [0.717, 1.165) is 11.1 Å². The first-order chi connectivity index (χ1) is 15.3. The van der Waals surface area contributed by atoms with Crippen LogP contribution in [0.5, 0.6) is 5.75 Å². The van der Waals surface area contributed by atoms with Crippen LogP contribution in [0, 0.1) is 17.0 Å². The van der Waals surface area contributed by atoms with Crippen LogP contribution in [-0.4, -0.2) is 16.7 Å². The molecular weight excluding hydrogens is 436 g/mol. The molecule has 0 saturated heterocycles. The predicted molar refractivity (Wildman–Crippen MR) is 121 cm³/mol. The van der Waals surface area contributed by atoms with Crippen molar-refractivity contribution in [3.63, 3.8) is 0 Å². The Morgan fingerprint density at radius 3 is 2.53 bits per heavy atom. The highest BCUT2D eigenvalue weighted by atomic mass is 35.5. The van der Waals surface area contributed by atoms with Crippen LogP contribution in [0.25, 0.3) is 0 Å². The van der Waals surface area contributed by atoms with Gasteiger partial charge in [0.05, 0.1) is 15.5 Å². The van der Waals surface area contributed by atoms with E-state index in [2.05, 4.69) is 5.16 Å². The fraction of sp³-hybridized carbons (Fsp3) is 0.0909. The third-order valence-corrected chi connectivity index (χ3v) is 4.88. The third kappa shape index (κ3) is 5.32. The van der Waals surface area contributed by atoms with E-state index in [4.69, 9.17) is 32.6 Å². The maximum atomic E-state index is 12.2. The van der Waals surface area contributed by atoms with Gasteiger partial charge in [0.25, 0.3) is 5.69 Å². The van der Waals surface area contributed by atoms with Gasteiger partial charge >= 0.3 is 5.97 Å². The van der Waals surface area contributed by atoms with E-state index in [9.17, 15) is 14.9 Å². The van der Waals surface area contributed by atoms with Gasteiger partial charge in [0, 0.05) is 23.4 Å². The van der Waals surface area contributed by atoms with Gasteiger partial charge in [0.2, 0.25) is 0 Å². The Morgan fingerprint density at radius 1 is 1.16 bits per heavy atom. The predicted octanol–water partition coefficient (Wildman–Crippen LogP) is 4.20. The number of rotatable bonds is 7. The molecule has 0 bridgehead atoms. The molecule has 4 N–H and O–H groups in total. The average Bonchev–Trinajstić information content (AvgIpc) is 2.78. The molecule has 0 saturated carbocycles. The van der Waals surface area contributed by atoms with Crippen molar-refractivity contribution in [1.82, 2.24) is 0 Å². The minimum absolute atomic E-state index is 0.0353. The van der Waals surface area contributed by atoms with E-state index < -0.39 is 10.9 Å². The lowest BCUT2D eigenvalue weighted by Crippen LogP contribution is -2.17. The van der Waals surface area contributed by atoms with Crippen molar-refractivity contribution < 1.29 is 19.3 Å². The Labute approximate surface area is 188 Å². The Balaban J connectivity index is 1.61. The second kappa shape index (κ2) is 9.80. The molecule has 9 nitrogen and oxygen atoms in total. The van der Waals surface area contributed by atoms with E-state index in [1.807, 2.05) is 0 Å². The number of carbonyl (C=O) groups is 1. The van der Waals surface area contributed by atoms with Crippen molar-refractivity contribution in [1.29, 1.82) is 0 Å². The first kappa shape index (κ1) is 22.6. The summed E-state index contributed by atoms with van der Waals surface area (Å²) in [6.45, 7) is 1.94. The van der Waals surface area contributed by atoms with Crippen LogP contribution in [-0.2, 0) is 11.4 Å². The number of carbonyl (C=O) groups excluding carboxylic acids is 1. The molecule has 10 heteroatoms. The fourth-order valence-electron chi connectivity index (χ4n) is 2.74. The van der Waals surface area contributed by atoms with Gasteiger partial charge in [0.1, 0.15) is 12.4 Å². The van der Waals surface area contributed by atoms with Gasteiger partial charge in [0.15, 0.2) is 5.84 Å². The molecule has 164 valence electrons. The van der Waals surface area contributed by atoms with Crippen LogP contribution in [0.2, 0.25) is 5.02 Å². The van der Waals surface area contributed by atoms with E-state index in [1.54, 1.807) is 49.4 Å². The summed E-state index contributed by atoms with van der Waals surface area (Å²) in [7, 11) is 0. The number of anilines is 1. The zero-order valence-electron chi connectivity index (χ0n) is 16.9. The van der Waals surface area contributed by atoms with Crippen molar-refractivity contribution in [3.8, 4) is 5.75 Å². The highest BCUT2D eigenvalue weighted by molar-refractivity contribution is 6.32. The smallest absolute Gasteiger partial charge is 0.365 e. The van der Waals surface area contributed by atoms with Crippen LogP contribution in [0.3, 0.4) is 0 Å². The van der Waals surface area contributed by atoms with Crippen LogP contribution >= 0.6 is 11.6 Å². The maximum absolute atomic E-state index is 12.2. The van der Waals surface area contributed by atoms with Gasteiger partial charge in [-0.1, -0.05) is 41.0 Å². The van der Waals surface area contributed by atoms with Gasteiger partial charge in [-0.2, -0.15) is 0 Å². The van der Waals surface area contributed by atoms with Crippen molar-refractivity contribution in [2.45, 2.75) is 13.5 Å². The zero-order chi connectivity index (χ0) is 23.3. The second-order valence-electron chi connectivity index (χ2n) is 6.73. The summed E-state index contributed by atoms with van der Waals surface area (Å²) in [6, 6.07) is 15.6. The third-order valence-electron chi connectivity index (χ3n) is 4.59. The molecule has 0 aromatic heterocycles. The molecule has 0 atom stereocenters. The van der Waals surface area contributed by atoms with E-state index in [-0.39, 0.29) is 28.7 Å². The summed E-state index contributed by atoms with van der Waals surface area (Å²) >= 11 is 6.01. The number of nitro benzene ring substituents is 1. The summed E-state index contributed by atoms with van der Waals surface area (Å²) < 4.78 is 5.59. The molecule has 0 amide bonds. The summed E-state index contributed by atoms with van der Waals surface area (Å²) in [5.41, 5.74) is 14.5. The van der Waals surface area contributed by atoms with Crippen molar-refractivity contribution in [2.24, 2.45) is 10.9 Å². The van der Waals surface area contributed by atoms with Crippen LogP contribution in [0.15, 0.2) is 65.8 Å². The van der Waals surface area contributed by atoms with Crippen LogP contribution in [0.4, 0.5) is 11.4 Å². The highest BCUT2D eigenvalue weighted by Crippen LogP contribution is 2.29. The molecule has 0 aliphatic carbocycles. The van der Waals surface area contributed by atoms with Crippen LogP contribution in [0.1, 0.15) is 27.0 Å². The van der Waals surface area contributed by atoms with E-state index in [1.165, 1.54) is 18.2 Å². The first-order valence-corrected chi connectivity index (χ1v) is 9.70. The normalized spacial score (nSPS) is 11.1. The molecule has 0 spiro atoms. The standard InChI is InChI=1S/C22H19ClN4O5/c1-13-17(3-2-4-19(13)24)21(25)26-32-22(28)15-7-5-14(6-8-15)12-31-20-10-9-16(27(29)30)11-18(20)23/h2-11H,12,24H2,1H3,(H2,25,26). The fourth-order valence-corrected chi connectivity index (χ4v) is 2.97. The molecular formula is C22H19ClN4O5. The molecule has 0 aliphatic heterocycles. The lowest BCUT2D eigenvalue weighted by atomic mass is 10.1. The number of nitrogens with two attached hydrogens (primary N) is 2. The number of amidine groups is 1. The van der Waals surface area contributed by atoms with E-state index in [0.29, 0.717) is 17.0 Å². The average molecular weight is 455 g/mol. The van der Waals surface area contributed by atoms with Gasteiger partial charge in [-0.05, 0) is 42.3 Å². The quantitative estimate of drug-likeness (QED) is 0.136. The number of non-ortho nitro benzene ring substituents is 1. The molecule has 0 heterocycles. The number of oxime groups is 1. The number of ether oxygens (including phenoxy) is 1. The van der Waals surface area contributed by atoms with E-state index >= 15 is 0 Å². The number of benzene rings is 3.